The smallest absolute Gasteiger partial charge is 0.323 e. The number of amides is 3. The van der Waals surface area contributed by atoms with E-state index in [9.17, 15) is 9.59 Å². The number of nitrogens with zero attached hydrogens (tertiary/aromatic N) is 6. The second-order valence-corrected chi connectivity index (χ2v) is 12.6. The van der Waals surface area contributed by atoms with Crippen molar-refractivity contribution in [3.8, 4) is 11.4 Å². The Hall–Kier alpha value is -4.06. The highest BCUT2D eigenvalue weighted by Gasteiger charge is 2.36. The fourth-order valence-electron chi connectivity index (χ4n) is 6.80. The number of rotatable bonds is 6. The van der Waals surface area contributed by atoms with E-state index in [1.165, 1.54) is 5.56 Å². The summed E-state index contributed by atoms with van der Waals surface area (Å²) in [6.07, 6.45) is 3.77. The van der Waals surface area contributed by atoms with E-state index >= 15 is 0 Å². The molecule has 3 amide bonds. The van der Waals surface area contributed by atoms with Crippen LogP contribution in [0.1, 0.15) is 41.4 Å². The van der Waals surface area contributed by atoms with E-state index in [2.05, 4.69) is 39.3 Å². The van der Waals surface area contributed by atoms with Gasteiger partial charge in [0.25, 0.3) is 5.91 Å². The molecule has 0 saturated carbocycles. The minimum atomic E-state index is -0.352. The number of carbonyl (C=O) groups is 2. The number of aromatic nitrogens is 2. The monoisotopic (exact) mass is 610 g/mol. The van der Waals surface area contributed by atoms with Gasteiger partial charge in [-0.2, -0.15) is 0 Å². The van der Waals surface area contributed by atoms with Crippen LogP contribution in [-0.2, 0) is 17.7 Å². The second-order valence-electron chi connectivity index (χ2n) is 12.6. The van der Waals surface area contributed by atoms with Crippen LogP contribution in [0.25, 0.3) is 11.4 Å². The molecule has 0 radical (unpaired) electrons. The molecule has 0 spiro atoms. The number of ether oxygens (including phenoxy) is 1. The lowest BCUT2D eigenvalue weighted by molar-refractivity contribution is 0.0301. The molecular formula is C34H42N8O3. The van der Waals surface area contributed by atoms with Crippen molar-refractivity contribution < 1.29 is 14.3 Å². The molecule has 236 valence electrons. The number of anilines is 3. The molecule has 5 heterocycles. The van der Waals surface area contributed by atoms with Gasteiger partial charge in [-0.1, -0.05) is 6.92 Å². The Kier molecular flexibility index (Phi) is 8.39. The van der Waals surface area contributed by atoms with E-state index in [1.807, 2.05) is 29.2 Å². The number of morpholine rings is 1. The molecule has 3 aromatic rings. The lowest BCUT2D eigenvalue weighted by Crippen LogP contribution is -2.47. The third-order valence-electron chi connectivity index (χ3n) is 9.49. The summed E-state index contributed by atoms with van der Waals surface area (Å²) in [5.74, 6) is 1.79. The van der Waals surface area contributed by atoms with Gasteiger partial charge in [-0.05, 0) is 81.4 Å². The van der Waals surface area contributed by atoms with E-state index < -0.39 is 0 Å². The topological polar surface area (TPSA) is 106 Å². The molecule has 3 fully saturated rings. The number of carbonyl (C=O) groups excluding carboxylic acids is 2. The molecule has 2 N–H and O–H groups in total. The van der Waals surface area contributed by atoms with Crippen LogP contribution in [0.15, 0.2) is 48.5 Å². The highest BCUT2D eigenvalue weighted by atomic mass is 16.5. The summed E-state index contributed by atoms with van der Waals surface area (Å²) in [4.78, 5) is 44.7. The number of fused-ring (bicyclic) bond motifs is 3. The molecule has 2 unspecified atom stereocenters. The number of hydrogen-bond acceptors (Lipinski definition) is 8. The van der Waals surface area contributed by atoms with E-state index in [0.29, 0.717) is 22.8 Å². The maximum absolute atomic E-state index is 12.8. The minimum absolute atomic E-state index is 0.0222. The maximum Gasteiger partial charge on any atom is 0.323 e. The first-order valence-corrected chi connectivity index (χ1v) is 16.2. The minimum Gasteiger partial charge on any atom is -0.371 e. The molecule has 11 nitrogen and oxygen atoms in total. The molecule has 2 aromatic carbocycles. The Morgan fingerprint density at radius 1 is 0.867 bits per heavy atom. The molecule has 3 saturated heterocycles. The van der Waals surface area contributed by atoms with Gasteiger partial charge >= 0.3 is 6.03 Å². The largest absolute Gasteiger partial charge is 0.371 e. The van der Waals surface area contributed by atoms with Crippen molar-refractivity contribution in [1.82, 2.24) is 24.7 Å². The Morgan fingerprint density at radius 3 is 2.16 bits per heavy atom. The van der Waals surface area contributed by atoms with Crippen LogP contribution in [0.2, 0.25) is 0 Å². The Balaban J connectivity index is 1.02. The third kappa shape index (κ3) is 6.51. The summed E-state index contributed by atoms with van der Waals surface area (Å²) < 4.78 is 6.12. The van der Waals surface area contributed by atoms with E-state index in [-0.39, 0.29) is 24.1 Å². The fraction of sp³-hybridized carbons (Fsp3) is 0.471. The Morgan fingerprint density at radius 2 is 1.51 bits per heavy atom. The zero-order valence-corrected chi connectivity index (χ0v) is 26.2. The van der Waals surface area contributed by atoms with Gasteiger partial charge in [-0.25, -0.2) is 14.8 Å². The van der Waals surface area contributed by atoms with Gasteiger partial charge in [0.2, 0.25) is 0 Å². The Bertz CT molecular complexity index is 1530. The van der Waals surface area contributed by atoms with Gasteiger partial charge in [0, 0.05) is 80.4 Å². The summed E-state index contributed by atoms with van der Waals surface area (Å²) >= 11 is 0. The number of hydrogen-bond donors (Lipinski definition) is 2. The summed E-state index contributed by atoms with van der Waals surface area (Å²) in [7, 11) is 2.07. The standard InChI is InChI=1S/C34H42N8O3/c1-3-40-15-14-29-30(22-40)37-31(38-32(29)42-20-27-12-13-28(21-42)45-27)23-4-8-25(9-5-23)35-34(44)36-26-10-6-24(7-11-26)33(43)41-18-16-39(2)17-19-41/h4-11,27-28H,3,12-22H2,1-2H3,(H2,35,36,44). The van der Waals surface area contributed by atoms with Gasteiger partial charge in [-0.3, -0.25) is 9.69 Å². The molecular weight excluding hydrogens is 568 g/mol. The van der Waals surface area contributed by atoms with E-state index in [4.69, 9.17) is 14.7 Å². The zero-order chi connectivity index (χ0) is 30.9. The Labute approximate surface area is 264 Å². The van der Waals surface area contributed by atoms with Gasteiger partial charge in [0.05, 0.1) is 17.9 Å². The van der Waals surface area contributed by atoms with Crippen molar-refractivity contribution in [1.29, 1.82) is 0 Å². The van der Waals surface area contributed by atoms with Crippen LogP contribution in [0, 0.1) is 0 Å². The van der Waals surface area contributed by atoms with Crippen LogP contribution >= 0.6 is 0 Å². The highest BCUT2D eigenvalue weighted by Crippen LogP contribution is 2.34. The van der Waals surface area contributed by atoms with Gasteiger partial charge in [0.1, 0.15) is 5.82 Å². The number of piperazine rings is 1. The summed E-state index contributed by atoms with van der Waals surface area (Å²) in [6, 6.07) is 14.4. The number of benzene rings is 2. The van der Waals surface area contributed by atoms with Crippen LogP contribution in [0.3, 0.4) is 0 Å². The lowest BCUT2D eigenvalue weighted by Gasteiger charge is -2.36. The average molecular weight is 611 g/mol. The van der Waals surface area contributed by atoms with E-state index in [1.54, 1.807) is 24.3 Å². The SMILES string of the molecule is CCN1CCc2c(nc(-c3ccc(NC(=O)Nc4ccc(C(=O)N5CCN(C)CC5)cc4)cc3)nc2N2CC3CCC(C2)O3)C1. The first-order chi connectivity index (χ1) is 21.9. The van der Waals surface area contributed by atoms with Gasteiger partial charge < -0.3 is 30.1 Å². The molecule has 0 aliphatic carbocycles. The van der Waals surface area contributed by atoms with Gasteiger partial charge in [-0.15, -0.1) is 0 Å². The summed E-state index contributed by atoms with van der Waals surface area (Å²) in [5.41, 5.74) is 5.20. The van der Waals surface area contributed by atoms with E-state index in [0.717, 1.165) is 95.2 Å². The first kappa shape index (κ1) is 29.6. The molecule has 7 rings (SSSR count). The van der Waals surface area contributed by atoms with Crippen molar-refractivity contribution in [2.45, 2.75) is 44.9 Å². The summed E-state index contributed by atoms with van der Waals surface area (Å²) in [6.45, 7) is 10.0. The zero-order valence-electron chi connectivity index (χ0n) is 26.2. The molecule has 4 aliphatic heterocycles. The number of nitrogens with one attached hydrogen (secondary N) is 2. The summed E-state index contributed by atoms with van der Waals surface area (Å²) in [5, 5.41) is 5.77. The van der Waals surface area contributed by atoms with Crippen molar-refractivity contribution in [2.24, 2.45) is 0 Å². The first-order valence-electron chi connectivity index (χ1n) is 16.2. The molecule has 45 heavy (non-hydrogen) atoms. The molecule has 2 bridgehead atoms. The quantitative estimate of drug-likeness (QED) is 0.433. The van der Waals surface area contributed by atoms with Crippen LogP contribution < -0.4 is 15.5 Å². The molecule has 1 aromatic heterocycles. The van der Waals surface area contributed by atoms with Crippen molar-refractivity contribution >= 4 is 29.1 Å². The predicted octanol–water partition coefficient (Wildman–Crippen LogP) is 3.92. The highest BCUT2D eigenvalue weighted by molar-refractivity contribution is 6.00. The lowest BCUT2D eigenvalue weighted by atomic mass is 10.0. The van der Waals surface area contributed by atoms with Crippen molar-refractivity contribution in [3.05, 3.63) is 65.4 Å². The van der Waals surface area contributed by atoms with Crippen LogP contribution in [0.5, 0.6) is 0 Å². The third-order valence-corrected chi connectivity index (χ3v) is 9.49. The maximum atomic E-state index is 12.8. The average Bonchev–Trinajstić information content (AvgIpc) is 3.41. The molecule has 4 aliphatic rings. The van der Waals surface area contributed by atoms with Crippen LogP contribution in [0.4, 0.5) is 22.0 Å². The van der Waals surface area contributed by atoms with Crippen LogP contribution in [-0.4, -0.2) is 108 Å². The van der Waals surface area contributed by atoms with Crippen molar-refractivity contribution in [3.63, 3.8) is 0 Å². The molecule has 2 atom stereocenters. The van der Waals surface area contributed by atoms with Crippen molar-refractivity contribution in [2.75, 3.05) is 74.9 Å². The fourth-order valence-corrected chi connectivity index (χ4v) is 6.80. The van der Waals surface area contributed by atoms with Gasteiger partial charge in [0.15, 0.2) is 5.82 Å². The molecule has 11 heteroatoms. The number of urea groups is 1. The number of likely N-dealkylation sites (N-methyl/N-ethyl adjacent to an activating group) is 2. The predicted molar refractivity (Wildman–Crippen MR) is 175 cm³/mol. The second kappa shape index (κ2) is 12.7. The normalized spacial score (nSPS) is 21.8.